The van der Waals surface area contributed by atoms with Crippen LogP contribution >= 0.6 is 24.0 Å². The molecular formula is C16H17Cl2FN2O2S. The summed E-state index contributed by atoms with van der Waals surface area (Å²) in [7, 11) is -3.78. The normalized spacial score (nSPS) is 18.8. The third-order valence-corrected chi connectivity index (χ3v) is 5.97. The number of rotatable bonds is 3. The van der Waals surface area contributed by atoms with Crippen molar-refractivity contribution in [3.8, 4) is 0 Å². The van der Waals surface area contributed by atoms with Crippen molar-refractivity contribution in [2.75, 3.05) is 19.6 Å². The summed E-state index contributed by atoms with van der Waals surface area (Å²) in [6.07, 6.45) is 0. The summed E-state index contributed by atoms with van der Waals surface area (Å²) in [5.41, 5.74) is 0.810. The second kappa shape index (κ2) is 7.80. The molecule has 0 radical (unpaired) electrons. The van der Waals surface area contributed by atoms with E-state index in [9.17, 15) is 12.8 Å². The van der Waals surface area contributed by atoms with Crippen molar-refractivity contribution < 1.29 is 12.8 Å². The second-order valence-electron chi connectivity index (χ2n) is 5.35. The van der Waals surface area contributed by atoms with Crippen LogP contribution < -0.4 is 5.32 Å². The topological polar surface area (TPSA) is 49.4 Å². The van der Waals surface area contributed by atoms with Gasteiger partial charge in [0.15, 0.2) is 0 Å². The molecule has 0 aromatic heterocycles. The van der Waals surface area contributed by atoms with E-state index >= 15 is 0 Å². The molecule has 2 aromatic carbocycles. The van der Waals surface area contributed by atoms with E-state index in [0.29, 0.717) is 24.7 Å². The molecule has 1 aliphatic heterocycles. The first-order valence-corrected chi connectivity index (χ1v) is 9.04. The van der Waals surface area contributed by atoms with Crippen LogP contribution in [0.1, 0.15) is 11.6 Å². The predicted molar refractivity (Wildman–Crippen MR) is 94.6 cm³/mol. The largest absolute Gasteiger partial charge is 0.313 e. The molecule has 1 aliphatic rings. The minimum Gasteiger partial charge on any atom is -0.313 e. The van der Waals surface area contributed by atoms with Gasteiger partial charge in [-0.3, -0.25) is 0 Å². The minimum absolute atomic E-state index is 0. The highest BCUT2D eigenvalue weighted by Crippen LogP contribution is 2.30. The first kappa shape index (κ1) is 19.1. The SMILES string of the molecule is Cl.O=S(=O)(c1cccc(F)c1)N1CCNCC1c1cccc(Cl)c1. The molecular weight excluding hydrogens is 374 g/mol. The first-order valence-electron chi connectivity index (χ1n) is 7.22. The summed E-state index contributed by atoms with van der Waals surface area (Å²) in [5, 5.41) is 3.75. The number of benzene rings is 2. The molecule has 0 bridgehead atoms. The summed E-state index contributed by atoms with van der Waals surface area (Å²) < 4.78 is 40.6. The highest BCUT2D eigenvalue weighted by molar-refractivity contribution is 7.89. The third-order valence-electron chi connectivity index (χ3n) is 3.83. The zero-order valence-electron chi connectivity index (χ0n) is 12.7. The van der Waals surface area contributed by atoms with Crippen molar-refractivity contribution in [1.29, 1.82) is 0 Å². The van der Waals surface area contributed by atoms with E-state index in [1.54, 1.807) is 18.2 Å². The molecule has 0 amide bonds. The summed E-state index contributed by atoms with van der Waals surface area (Å²) in [6, 6.07) is 11.8. The quantitative estimate of drug-likeness (QED) is 0.874. The molecule has 2 aromatic rings. The maximum atomic E-state index is 13.4. The van der Waals surface area contributed by atoms with Crippen molar-refractivity contribution in [2.45, 2.75) is 10.9 Å². The fourth-order valence-electron chi connectivity index (χ4n) is 2.73. The molecule has 1 saturated heterocycles. The van der Waals surface area contributed by atoms with Crippen LogP contribution in [0, 0.1) is 5.82 Å². The van der Waals surface area contributed by atoms with E-state index in [2.05, 4.69) is 5.32 Å². The maximum Gasteiger partial charge on any atom is 0.243 e. The van der Waals surface area contributed by atoms with E-state index in [1.807, 2.05) is 6.07 Å². The Balaban J connectivity index is 0.00000208. The molecule has 130 valence electrons. The molecule has 1 atom stereocenters. The molecule has 3 rings (SSSR count). The fourth-order valence-corrected chi connectivity index (χ4v) is 4.58. The van der Waals surface area contributed by atoms with E-state index in [0.717, 1.165) is 11.6 Å². The molecule has 24 heavy (non-hydrogen) atoms. The van der Waals surface area contributed by atoms with E-state index in [1.165, 1.54) is 22.5 Å². The van der Waals surface area contributed by atoms with Gasteiger partial charge in [-0.15, -0.1) is 12.4 Å². The van der Waals surface area contributed by atoms with Gasteiger partial charge in [-0.05, 0) is 35.9 Å². The van der Waals surface area contributed by atoms with Crippen LogP contribution in [0.25, 0.3) is 0 Å². The monoisotopic (exact) mass is 390 g/mol. The number of piperazine rings is 1. The second-order valence-corrected chi connectivity index (χ2v) is 7.68. The van der Waals surface area contributed by atoms with Gasteiger partial charge in [0.1, 0.15) is 5.82 Å². The Hall–Kier alpha value is -1.18. The van der Waals surface area contributed by atoms with Crippen LogP contribution in [0.2, 0.25) is 5.02 Å². The Morgan fingerprint density at radius 2 is 1.92 bits per heavy atom. The number of hydrogen-bond acceptors (Lipinski definition) is 3. The molecule has 1 fully saturated rings. The van der Waals surface area contributed by atoms with Crippen molar-refractivity contribution in [1.82, 2.24) is 9.62 Å². The van der Waals surface area contributed by atoms with E-state index in [4.69, 9.17) is 11.6 Å². The zero-order chi connectivity index (χ0) is 16.4. The Labute approximate surface area is 152 Å². The number of hydrogen-bond donors (Lipinski definition) is 1. The number of nitrogens with zero attached hydrogens (tertiary/aromatic N) is 1. The third kappa shape index (κ3) is 3.90. The first-order chi connectivity index (χ1) is 11.0. The molecule has 1 unspecified atom stereocenters. The van der Waals surface area contributed by atoms with Crippen molar-refractivity contribution in [3.05, 3.63) is 64.9 Å². The standard InChI is InChI=1S/C16H16ClFN2O2S.ClH/c17-13-4-1-3-12(9-13)16-11-19-7-8-20(16)23(21,22)15-6-2-5-14(18)10-15;/h1-6,9-10,16,19H,7-8,11H2;1H. The maximum absolute atomic E-state index is 13.4. The average Bonchev–Trinajstić information content (AvgIpc) is 2.55. The smallest absolute Gasteiger partial charge is 0.243 e. The summed E-state index contributed by atoms with van der Waals surface area (Å²) in [4.78, 5) is -0.0357. The number of nitrogens with one attached hydrogen (secondary N) is 1. The Morgan fingerprint density at radius 3 is 2.62 bits per heavy atom. The summed E-state index contributed by atoms with van der Waals surface area (Å²) in [6.45, 7) is 1.34. The Morgan fingerprint density at radius 1 is 1.17 bits per heavy atom. The molecule has 1 heterocycles. The van der Waals surface area contributed by atoms with Gasteiger partial charge < -0.3 is 5.32 Å². The van der Waals surface area contributed by atoms with Gasteiger partial charge >= 0.3 is 0 Å². The van der Waals surface area contributed by atoms with Crippen LogP contribution in [0.5, 0.6) is 0 Å². The van der Waals surface area contributed by atoms with Crippen molar-refractivity contribution in [3.63, 3.8) is 0 Å². The lowest BCUT2D eigenvalue weighted by molar-refractivity contribution is 0.271. The van der Waals surface area contributed by atoms with Crippen LogP contribution in [0.15, 0.2) is 53.4 Å². The van der Waals surface area contributed by atoms with Crippen molar-refractivity contribution >= 4 is 34.0 Å². The molecule has 1 N–H and O–H groups in total. The van der Waals surface area contributed by atoms with E-state index in [-0.39, 0.29) is 23.3 Å². The van der Waals surface area contributed by atoms with Gasteiger partial charge in [-0.2, -0.15) is 4.31 Å². The van der Waals surface area contributed by atoms with Crippen LogP contribution in [0.4, 0.5) is 4.39 Å². The van der Waals surface area contributed by atoms with Gasteiger partial charge in [-0.25, -0.2) is 12.8 Å². The Bertz CT molecular complexity index is 817. The lowest BCUT2D eigenvalue weighted by Crippen LogP contribution is -2.48. The fraction of sp³-hybridized carbons (Fsp3) is 0.250. The number of halogens is 3. The Kier molecular flexibility index (Phi) is 6.22. The highest BCUT2D eigenvalue weighted by atomic mass is 35.5. The molecule has 4 nitrogen and oxygen atoms in total. The van der Waals surface area contributed by atoms with Crippen LogP contribution in [0.3, 0.4) is 0 Å². The van der Waals surface area contributed by atoms with Crippen LogP contribution in [-0.2, 0) is 10.0 Å². The van der Waals surface area contributed by atoms with Gasteiger partial charge in [0.2, 0.25) is 10.0 Å². The van der Waals surface area contributed by atoms with Gasteiger partial charge in [0.25, 0.3) is 0 Å². The summed E-state index contributed by atoms with van der Waals surface area (Å²) >= 11 is 6.03. The molecule has 0 saturated carbocycles. The highest BCUT2D eigenvalue weighted by Gasteiger charge is 2.34. The van der Waals surface area contributed by atoms with Crippen molar-refractivity contribution in [2.24, 2.45) is 0 Å². The molecule has 8 heteroatoms. The summed E-state index contributed by atoms with van der Waals surface area (Å²) in [5.74, 6) is -0.569. The van der Waals surface area contributed by atoms with Gasteiger partial charge in [0, 0.05) is 24.7 Å². The molecule has 0 spiro atoms. The van der Waals surface area contributed by atoms with Crippen LogP contribution in [-0.4, -0.2) is 32.4 Å². The molecule has 0 aliphatic carbocycles. The zero-order valence-corrected chi connectivity index (χ0v) is 15.0. The van der Waals surface area contributed by atoms with Gasteiger partial charge in [0.05, 0.1) is 10.9 Å². The minimum atomic E-state index is -3.78. The lowest BCUT2D eigenvalue weighted by Gasteiger charge is -2.35. The lowest BCUT2D eigenvalue weighted by atomic mass is 10.1. The predicted octanol–water partition coefficient (Wildman–Crippen LogP) is 3.24. The average molecular weight is 391 g/mol. The van der Waals surface area contributed by atoms with E-state index < -0.39 is 15.8 Å². The number of sulfonamides is 1. The van der Waals surface area contributed by atoms with Gasteiger partial charge in [-0.1, -0.05) is 29.8 Å².